The molecule has 0 aliphatic heterocycles. The first-order valence-electron chi connectivity index (χ1n) is 5.98. The van der Waals surface area contributed by atoms with E-state index in [1.807, 2.05) is 6.20 Å². The van der Waals surface area contributed by atoms with Crippen molar-refractivity contribution in [1.29, 1.82) is 0 Å². The second-order valence-electron chi connectivity index (χ2n) is 4.56. The lowest BCUT2D eigenvalue weighted by Gasteiger charge is -2.23. The van der Waals surface area contributed by atoms with E-state index in [1.165, 1.54) is 37.8 Å². The Balaban J connectivity index is 2.10. The normalized spacial score (nSPS) is 18.1. The highest BCUT2D eigenvalue weighted by Crippen LogP contribution is 2.33. The van der Waals surface area contributed by atoms with Gasteiger partial charge in [-0.25, -0.2) is 4.98 Å². The largest absolute Gasteiger partial charge is 0.291 e. The number of hydrogen-bond donors (Lipinski definition) is 0. The molecule has 0 amide bonds. The minimum absolute atomic E-state index is 0.711. The van der Waals surface area contributed by atoms with E-state index in [2.05, 4.69) is 43.5 Å². The van der Waals surface area contributed by atoms with Gasteiger partial charge in [0.25, 0.3) is 0 Å². The molecular formula is C13H15BrN2. The summed E-state index contributed by atoms with van der Waals surface area (Å²) in [6.45, 7) is 0. The summed E-state index contributed by atoms with van der Waals surface area (Å²) in [4.78, 5) is 4.39. The van der Waals surface area contributed by atoms with Gasteiger partial charge in [-0.2, -0.15) is 0 Å². The van der Waals surface area contributed by atoms with Gasteiger partial charge < -0.3 is 0 Å². The Morgan fingerprint density at radius 3 is 2.81 bits per heavy atom. The third-order valence-electron chi connectivity index (χ3n) is 3.54. The monoisotopic (exact) mass is 278 g/mol. The van der Waals surface area contributed by atoms with Crippen LogP contribution < -0.4 is 0 Å². The molecule has 2 aromatic rings. The van der Waals surface area contributed by atoms with Crippen molar-refractivity contribution in [3.63, 3.8) is 0 Å². The highest BCUT2D eigenvalue weighted by Gasteiger charge is 2.18. The Labute approximate surface area is 104 Å². The fourth-order valence-electron chi connectivity index (χ4n) is 2.74. The molecule has 16 heavy (non-hydrogen) atoms. The summed E-state index contributed by atoms with van der Waals surface area (Å²) in [5.41, 5.74) is 2.47. The predicted molar refractivity (Wildman–Crippen MR) is 68.7 cm³/mol. The molecule has 2 nitrogen and oxygen atoms in total. The summed E-state index contributed by atoms with van der Waals surface area (Å²) in [6, 6.07) is 6.44. The highest BCUT2D eigenvalue weighted by atomic mass is 79.9. The molecule has 0 unspecified atom stereocenters. The van der Waals surface area contributed by atoms with E-state index in [9.17, 15) is 0 Å². The molecule has 0 N–H and O–H groups in total. The van der Waals surface area contributed by atoms with Gasteiger partial charge in [-0.1, -0.05) is 25.3 Å². The van der Waals surface area contributed by atoms with E-state index in [-0.39, 0.29) is 0 Å². The van der Waals surface area contributed by atoms with Gasteiger partial charge in [0.2, 0.25) is 0 Å². The number of nitrogens with zero attached hydrogens (tertiary/aromatic N) is 2. The number of aromatic nitrogens is 2. The molecule has 3 rings (SSSR count). The number of halogens is 1. The van der Waals surface area contributed by atoms with Gasteiger partial charge in [-0.05, 0) is 46.8 Å². The van der Waals surface area contributed by atoms with Gasteiger partial charge in [0.15, 0.2) is 0 Å². The molecular weight excluding hydrogens is 264 g/mol. The van der Waals surface area contributed by atoms with Crippen LogP contribution in [0.1, 0.15) is 43.7 Å². The highest BCUT2D eigenvalue weighted by molar-refractivity contribution is 9.10. The average Bonchev–Trinajstić information content (AvgIpc) is 2.73. The van der Waals surface area contributed by atoms with Crippen molar-refractivity contribution in [2.45, 2.75) is 38.0 Å². The van der Waals surface area contributed by atoms with Gasteiger partial charge in [0.05, 0.1) is 6.20 Å². The summed E-state index contributed by atoms with van der Waals surface area (Å²) in [6.07, 6.45) is 8.67. The van der Waals surface area contributed by atoms with Gasteiger partial charge in [-0.15, -0.1) is 0 Å². The topological polar surface area (TPSA) is 17.3 Å². The Morgan fingerprint density at radius 2 is 2.00 bits per heavy atom. The first kappa shape index (κ1) is 10.3. The van der Waals surface area contributed by atoms with Crippen molar-refractivity contribution in [3.05, 3.63) is 34.7 Å². The van der Waals surface area contributed by atoms with Crippen molar-refractivity contribution in [1.82, 2.24) is 9.38 Å². The maximum atomic E-state index is 4.39. The van der Waals surface area contributed by atoms with Crippen LogP contribution in [-0.4, -0.2) is 9.38 Å². The van der Waals surface area contributed by atoms with Crippen LogP contribution in [0.25, 0.3) is 5.65 Å². The van der Waals surface area contributed by atoms with Gasteiger partial charge in [0, 0.05) is 5.69 Å². The molecule has 0 atom stereocenters. The molecule has 1 aliphatic rings. The van der Waals surface area contributed by atoms with E-state index in [1.54, 1.807) is 0 Å². The molecule has 1 fully saturated rings. The Kier molecular flexibility index (Phi) is 2.72. The van der Waals surface area contributed by atoms with Crippen LogP contribution in [-0.2, 0) is 0 Å². The van der Waals surface area contributed by atoms with E-state index >= 15 is 0 Å². The average molecular weight is 279 g/mol. The zero-order chi connectivity index (χ0) is 11.0. The fourth-order valence-corrected chi connectivity index (χ4v) is 3.23. The van der Waals surface area contributed by atoms with Crippen molar-refractivity contribution in [2.24, 2.45) is 0 Å². The summed E-state index contributed by atoms with van der Waals surface area (Å²) in [5.74, 6) is 0.711. The van der Waals surface area contributed by atoms with Crippen LogP contribution in [0.4, 0.5) is 0 Å². The van der Waals surface area contributed by atoms with Gasteiger partial charge in [0.1, 0.15) is 10.3 Å². The fraction of sp³-hybridized carbons (Fsp3) is 0.462. The minimum atomic E-state index is 0.711. The van der Waals surface area contributed by atoms with Crippen LogP contribution in [0, 0.1) is 0 Å². The zero-order valence-corrected chi connectivity index (χ0v) is 10.8. The smallest absolute Gasteiger partial charge is 0.137 e. The molecule has 0 saturated heterocycles. The van der Waals surface area contributed by atoms with Crippen molar-refractivity contribution >= 4 is 21.6 Å². The second kappa shape index (κ2) is 4.21. The van der Waals surface area contributed by atoms with Gasteiger partial charge in [-0.3, -0.25) is 4.40 Å². The van der Waals surface area contributed by atoms with Crippen LogP contribution in [0.3, 0.4) is 0 Å². The first-order valence-corrected chi connectivity index (χ1v) is 6.77. The number of pyridine rings is 1. The molecule has 3 heteroatoms. The van der Waals surface area contributed by atoms with Crippen LogP contribution >= 0.6 is 15.9 Å². The minimum Gasteiger partial charge on any atom is -0.291 e. The zero-order valence-electron chi connectivity index (χ0n) is 9.19. The van der Waals surface area contributed by atoms with E-state index in [0.29, 0.717) is 5.92 Å². The number of hydrogen-bond acceptors (Lipinski definition) is 1. The first-order chi connectivity index (χ1) is 7.86. The molecule has 1 saturated carbocycles. The summed E-state index contributed by atoms with van der Waals surface area (Å²) in [7, 11) is 0. The van der Waals surface area contributed by atoms with Crippen molar-refractivity contribution in [2.75, 3.05) is 0 Å². The Bertz CT molecular complexity index is 498. The molecule has 0 spiro atoms. The third kappa shape index (κ3) is 1.67. The SMILES string of the molecule is Brc1cnc2cccc(C3CCCCC3)n12. The summed E-state index contributed by atoms with van der Waals surface area (Å²) < 4.78 is 3.32. The molecule has 84 valence electrons. The van der Waals surface area contributed by atoms with E-state index < -0.39 is 0 Å². The standard InChI is InChI=1S/C13H15BrN2/c14-12-9-15-13-8-4-7-11(16(12)13)10-5-2-1-3-6-10/h4,7-10H,1-3,5-6H2. The summed E-state index contributed by atoms with van der Waals surface area (Å²) >= 11 is 3.58. The maximum Gasteiger partial charge on any atom is 0.137 e. The van der Waals surface area contributed by atoms with E-state index in [0.717, 1.165) is 10.3 Å². The quantitative estimate of drug-likeness (QED) is 0.766. The van der Waals surface area contributed by atoms with Crippen LogP contribution in [0.15, 0.2) is 29.0 Å². The molecule has 2 aromatic heterocycles. The summed E-state index contributed by atoms with van der Waals surface area (Å²) in [5, 5.41) is 0. The number of rotatable bonds is 1. The molecule has 0 radical (unpaired) electrons. The number of fused-ring (bicyclic) bond motifs is 1. The van der Waals surface area contributed by atoms with E-state index in [4.69, 9.17) is 0 Å². The molecule has 0 bridgehead atoms. The molecule has 2 heterocycles. The van der Waals surface area contributed by atoms with Crippen LogP contribution in [0.2, 0.25) is 0 Å². The van der Waals surface area contributed by atoms with Crippen molar-refractivity contribution < 1.29 is 0 Å². The lowest BCUT2D eigenvalue weighted by Crippen LogP contribution is -2.09. The van der Waals surface area contributed by atoms with Gasteiger partial charge >= 0.3 is 0 Å². The predicted octanol–water partition coefficient (Wildman–Crippen LogP) is 4.14. The number of imidazole rings is 1. The maximum absolute atomic E-state index is 4.39. The van der Waals surface area contributed by atoms with Crippen molar-refractivity contribution in [3.8, 4) is 0 Å². The molecule has 0 aromatic carbocycles. The third-order valence-corrected chi connectivity index (χ3v) is 4.10. The lowest BCUT2D eigenvalue weighted by atomic mass is 9.86. The molecule has 1 aliphatic carbocycles. The second-order valence-corrected chi connectivity index (χ2v) is 5.37. The Morgan fingerprint density at radius 1 is 1.19 bits per heavy atom. The lowest BCUT2D eigenvalue weighted by molar-refractivity contribution is 0.434. The Hall–Kier alpha value is -0.830. The van der Waals surface area contributed by atoms with Crippen LogP contribution in [0.5, 0.6) is 0 Å².